The van der Waals surface area contributed by atoms with Crippen molar-refractivity contribution in [1.29, 1.82) is 0 Å². The average Bonchev–Trinajstić information content (AvgIpc) is 1.63. The van der Waals surface area contributed by atoms with Crippen LogP contribution in [0, 0.1) is 0 Å². The highest BCUT2D eigenvalue weighted by Gasteiger charge is 2.20. The molecule has 0 aliphatic rings. The van der Waals surface area contributed by atoms with Gasteiger partial charge in [0.25, 0.3) is 6.43 Å². The van der Waals surface area contributed by atoms with Gasteiger partial charge in [-0.1, -0.05) is 0 Å². The molecule has 9 heavy (non-hydrogen) atoms. The van der Waals surface area contributed by atoms with Crippen molar-refractivity contribution in [1.82, 2.24) is 0 Å². The Hall–Kier alpha value is -0.0600. The summed E-state index contributed by atoms with van der Waals surface area (Å²) in [5.74, 6) is 0. The lowest BCUT2D eigenvalue weighted by atomic mass is 10.3. The lowest BCUT2D eigenvalue weighted by Crippen LogP contribution is -2.14. The molecular formula is C4H4BrF3O. The van der Waals surface area contributed by atoms with Crippen LogP contribution in [0.4, 0.5) is 13.2 Å². The number of carbonyl (C=O) groups excluding carboxylic acids is 1. The monoisotopic (exact) mass is 204 g/mol. The van der Waals surface area contributed by atoms with Gasteiger partial charge in [0.1, 0.15) is 0 Å². The summed E-state index contributed by atoms with van der Waals surface area (Å²) in [5.41, 5.74) is 0. The summed E-state index contributed by atoms with van der Waals surface area (Å²) in [7, 11) is 0. The lowest BCUT2D eigenvalue weighted by molar-refractivity contribution is -0.112. The summed E-state index contributed by atoms with van der Waals surface area (Å²) < 4.78 is 33.5. The topological polar surface area (TPSA) is 17.1 Å². The largest absolute Gasteiger partial charge is 0.287 e. The first kappa shape index (κ1) is 8.94. The van der Waals surface area contributed by atoms with Gasteiger partial charge in [-0.05, 0) is 15.9 Å². The molecule has 0 saturated carbocycles. The normalized spacial score (nSPS) is 13.9. The second kappa shape index (κ2) is 3.87. The lowest BCUT2D eigenvalue weighted by Gasteiger charge is -2.00. The molecule has 0 N–H and O–H groups in total. The maximum atomic E-state index is 11.8. The first-order valence-electron chi connectivity index (χ1n) is 2.14. The molecule has 0 rings (SSSR count). The smallest absolute Gasteiger partial charge is 0.269 e. The Labute approximate surface area is 58.4 Å². The van der Waals surface area contributed by atoms with Crippen LogP contribution in [0.5, 0.6) is 0 Å². The van der Waals surface area contributed by atoms with Gasteiger partial charge in [0, 0.05) is 0 Å². The minimum absolute atomic E-state index is 0.740. The molecule has 0 saturated heterocycles. The molecular weight excluding hydrogens is 201 g/mol. The number of hydrogen-bond acceptors (Lipinski definition) is 1. The van der Waals surface area contributed by atoms with E-state index in [1.807, 2.05) is 0 Å². The van der Waals surface area contributed by atoms with Gasteiger partial charge in [0.2, 0.25) is 4.69 Å². The van der Waals surface area contributed by atoms with Crippen molar-refractivity contribution in [2.75, 3.05) is 0 Å². The van der Waals surface area contributed by atoms with Crippen LogP contribution in [-0.4, -0.2) is 17.3 Å². The molecule has 0 aromatic heterocycles. The van der Waals surface area contributed by atoms with Crippen molar-refractivity contribution < 1.29 is 18.0 Å². The standard InChI is InChI=1S/C4H4BrF3O/c5-3(9)1-2(6)4(7)8/h2,4H,1H2. The molecule has 0 aliphatic heterocycles. The number of rotatable bonds is 3. The quantitative estimate of drug-likeness (QED) is 0.643. The van der Waals surface area contributed by atoms with Crippen LogP contribution < -0.4 is 0 Å². The summed E-state index contributed by atoms with van der Waals surface area (Å²) >= 11 is 2.33. The molecule has 0 aliphatic carbocycles. The van der Waals surface area contributed by atoms with Gasteiger partial charge in [-0.25, -0.2) is 13.2 Å². The van der Waals surface area contributed by atoms with Crippen molar-refractivity contribution in [3.05, 3.63) is 0 Å². The zero-order valence-electron chi connectivity index (χ0n) is 4.28. The van der Waals surface area contributed by atoms with E-state index >= 15 is 0 Å². The van der Waals surface area contributed by atoms with Crippen LogP contribution in [0.15, 0.2) is 0 Å². The Morgan fingerprint density at radius 2 is 1.89 bits per heavy atom. The fourth-order valence-electron chi connectivity index (χ4n) is 0.242. The van der Waals surface area contributed by atoms with Crippen molar-refractivity contribution in [2.45, 2.75) is 19.0 Å². The molecule has 5 heteroatoms. The van der Waals surface area contributed by atoms with Gasteiger partial charge >= 0.3 is 0 Å². The van der Waals surface area contributed by atoms with E-state index in [4.69, 9.17) is 0 Å². The van der Waals surface area contributed by atoms with Crippen LogP contribution in [-0.2, 0) is 4.79 Å². The number of hydrogen-bond donors (Lipinski definition) is 0. The number of carbonyl (C=O) groups is 1. The maximum Gasteiger partial charge on any atom is 0.269 e. The third-order valence-corrected chi connectivity index (χ3v) is 0.953. The molecule has 0 spiro atoms. The van der Waals surface area contributed by atoms with Crippen LogP contribution in [0.25, 0.3) is 0 Å². The summed E-state index contributed by atoms with van der Waals surface area (Å²) in [6.45, 7) is 0. The molecule has 1 unspecified atom stereocenters. The SMILES string of the molecule is O=C(Br)CC(F)C(F)F. The van der Waals surface area contributed by atoms with E-state index in [1.165, 1.54) is 0 Å². The van der Waals surface area contributed by atoms with E-state index in [9.17, 15) is 18.0 Å². The Morgan fingerprint density at radius 1 is 1.44 bits per heavy atom. The molecule has 54 valence electrons. The Morgan fingerprint density at radius 3 is 2.00 bits per heavy atom. The highest BCUT2D eigenvalue weighted by atomic mass is 79.9. The molecule has 0 radical (unpaired) electrons. The molecule has 0 aromatic carbocycles. The third kappa shape index (κ3) is 4.44. The number of halogens is 4. The van der Waals surface area contributed by atoms with Crippen molar-refractivity contribution in [3.63, 3.8) is 0 Å². The van der Waals surface area contributed by atoms with E-state index in [0.29, 0.717) is 0 Å². The fourth-order valence-corrected chi connectivity index (χ4v) is 0.552. The minimum Gasteiger partial charge on any atom is -0.287 e. The average molecular weight is 205 g/mol. The maximum absolute atomic E-state index is 11.8. The molecule has 0 aromatic rings. The van der Waals surface area contributed by atoms with Gasteiger partial charge in [-0.3, -0.25) is 4.79 Å². The second-order valence-electron chi connectivity index (χ2n) is 1.41. The van der Waals surface area contributed by atoms with E-state index in [0.717, 1.165) is 0 Å². The van der Waals surface area contributed by atoms with Gasteiger partial charge in [-0.15, -0.1) is 0 Å². The highest BCUT2D eigenvalue weighted by Crippen LogP contribution is 2.11. The summed E-state index contributed by atoms with van der Waals surface area (Å²) in [6, 6.07) is 0. The molecule has 0 fully saturated rings. The zero-order chi connectivity index (χ0) is 7.44. The van der Waals surface area contributed by atoms with Crippen molar-refractivity contribution >= 4 is 20.6 Å². The number of alkyl halides is 3. The summed E-state index contributed by atoms with van der Waals surface area (Å²) in [6.07, 6.45) is -6.17. The fraction of sp³-hybridized carbons (Fsp3) is 0.750. The van der Waals surface area contributed by atoms with Crippen LogP contribution in [0.1, 0.15) is 6.42 Å². The molecule has 0 amide bonds. The Kier molecular flexibility index (Phi) is 3.84. The highest BCUT2D eigenvalue weighted by molar-refractivity contribution is 9.18. The van der Waals surface area contributed by atoms with Crippen LogP contribution in [0.3, 0.4) is 0 Å². The van der Waals surface area contributed by atoms with Crippen LogP contribution >= 0.6 is 15.9 Å². The molecule has 0 heterocycles. The van der Waals surface area contributed by atoms with E-state index in [-0.39, 0.29) is 0 Å². The first-order valence-corrected chi connectivity index (χ1v) is 2.94. The summed E-state index contributed by atoms with van der Waals surface area (Å²) in [5, 5.41) is 0. The van der Waals surface area contributed by atoms with E-state index in [2.05, 4.69) is 15.9 Å². The van der Waals surface area contributed by atoms with Gasteiger partial charge in [0.15, 0.2) is 6.17 Å². The third-order valence-electron chi connectivity index (χ3n) is 0.629. The Bertz CT molecular complexity index is 106. The van der Waals surface area contributed by atoms with Crippen LogP contribution in [0.2, 0.25) is 0 Å². The first-order chi connectivity index (χ1) is 4.04. The summed E-state index contributed by atoms with van der Waals surface area (Å²) in [4.78, 5) is 9.90. The van der Waals surface area contributed by atoms with Gasteiger partial charge in [0.05, 0.1) is 6.42 Å². The predicted octanol–water partition coefficient (Wildman–Crippen LogP) is 1.90. The second-order valence-corrected chi connectivity index (χ2v) is 2.29. The van der Waals surface area contributed by atoms with Gasteiger partial charge in [-0.2, -0.15) is 0 Å². The zero-order valence-corrected chi connectivity index (χ0v) is 5.87. The van der Waals surface area contributed by atoms with Crippen molar-refractivity contribution in [2.24, 2.45) is 0 Å². The molecule has 0 bridgehead atoms. The van der Waals surface area contributed by atoms with E-state index < -0.39 is 23.7 Å². The van der Waals surface area contributed by atoms with Crippen molar-refractivity contribution in [3.8, 4) is 0 Å². The predicted molar refractivity (Wildman–Crippen MR) is 29.5 cm³/mol. The van der Waals surface area contributed by atoms with Gasteiger partial charge < -0.3 is 0 Å². The van der Waals surface area contributed by atoms with E-state index in [1.54, 1.807) is 0 Å². The molecule has 1 nitrogen and oxygen atoms in total. The Balaban J connectivity index is 3.50. The molecule has 1 atom stereocenters. The minimum atomic E-state index is -3.06.